The van der Waals surface area contributed by atoms with Crippen LogP contribution in [-0.4, -0.2) is 41.5 Å². The summed E-state index contributed by atoms with van der Waals surface area (Å²) < 4.78 is 5.27. The molecule has 1 aromatic rings. The smallest absolute Gasteiger partial charge is 0.305 e. The van der Waals surface area contributed by atoms with Gasteiger partial charge in [-0.05, 0) is 31.9 Å². The summed E-state index contributed by atoms with van der Waals surface area (Å²) in [7, 11) is 0. The van der Waals surface area contributed by atoms with Gasteiger partial charge >= 0.3 is 5.97 Å². The van der Waals surface area contributed by atoms with Crippen LogP contribution in [-0.2, 0) is 14.3 Å². The molecule has 6 heteroatoms. The van der Waals surface area contributed by atoms with Gasteiger partial charge in [-0.3, -0.25) is 9.59 Å². The van der Waals surface area contributed by atoms with Crippen LogP contribution in [0.4, 0.5) is 0 Å². The van der Waals surface area contributed by atoms with E-state index in [1.54, 1.807) is 0 Å². The number of carboxylic acid groups (broad SMARTS) is 1. The summed E-state index contributed by atoms with van der Waals surface area (Å²) in [5, 5.41) is 11.9. The lowest BCUT2D eigenvalue weighted by Crippen LogP contribution is -2.51. The highest BCUT2D eigenvalue weighted by molar-refractivity contribution is 8.00. The van der Waals surface area contributed by atoms with E-state index >= 15 is 0 Å². The highest BCUT2D eigenvalue weighted by atomic mass is 32.2. The van der Waals surface area contributed by atoms with Crippen LogP contribution >= 0.6 is 11.8 Å². The molecule has 1 fully saturated rings. The van der Waals surface area contributed by atoms with Crippen molar-refractivity contribution in [2.45, 2.75) is 37.1 Å². The maximum absolute atomic E-state index is 12.2. The standard InChI is InChI=1S/C16H21NO4S/c1-11-3-4-12(2)13(7-11)22-9-14(18)17-16(8-15(19)20)5-6-21-10-16/h3-4,7H,5-6,8-10H2,1-2H3,(H,17,18)(H,19,20). The quantitative estimate of drug-likeness (QED) is 0.785. The van der Waals surface area contributed by atoms with E-state index in [-0.39, 0.29) is 24.7 Å². The van der Waals surface area contributed by atoms with Gasteiger partial charge in [0.15, 0.2) is 0 Å². The van der Waals surface area contributed by atoms with Crippen molar-refractivity contribution in [2.75, 3.05) is 19.0 Å². The highest BCUT2D eigenvalue weighted by Gasteiger charge is 2.38. The average molecular weight is 323 g/mol. The number of aryl methyl sites for hydroxylation is 2. The molecule has 22 heavy (non-hydrogen) atoms. The molecule has 120 valence electrons. The molecule has 0 radical (unpaired) electrons. The van der Waals surface area contributed by atoms with Gasteiger partial charge in [0, 0.05) is 11.5 Å². The molecule has 0 bridgehead atoms. The Morgan fingerprint density at radius 1 is 1.41 bits per heavy atom. The number of rotatable bonds is 6. The lowest BCUT2D eigenvalue weighted by molar-refractivity contribution is -0.139. The summed E-state index contributed by atoms with van der Waals surface area (Å²) in [5.74, 6) is -0.809. The van der Waals surface area contributed by atoms with Crippen molar-refractivity contribution in [1.29, 1.82) is 0 Å². The molecule has 0 saturated carbocycles. The Morgan fingerprint density at radius 3 is 2.82 bits per heavy atom. The topological polar surface area (TPSA) is 75.6 Å². The lowest BCUT2D eigenvalue weighted by atomic mass is 9.94. The third-order valence-electron chi connectivity index (χ3n) is 3.70. The van der Waals surface area contributed by atoms with Crippen LogP contribution < -0.4 is 5.32 Å². The van der Waals surface area contributed by atoms with Gasteiger partial charge in [0.05, 0.1) is 24.3 Å². The number of carbonyl (C=O) groups is 2. The normalized spacial score (nSPS) is 20.8. The second-order valence-corrected chi connectivity index (χ2v) is 6.78. The van der Waals surface area contributed by atoms with E-state index in [1.807, 2.05) is 26.0 Å². The number of aliphatic carboxylic acids is 1. The summed E-state index contributed by atoms with van der Waals surface area (Å²) in [6.07, 6.45) is 0.437. The van der Waals surface area contributed by atoms with Crippen molar-refractivity contribution in [3.63, 3.8) is 0 Å². The molecule has 0 spiro atoms. The highest BCUT2D eigenvalue weighted by Crippen LogP contribution is 2.25. The number of nitrogens with one attached hydrogen (secondary N) is 1. The van der Waals surface area contributed by atoms with E-state index in [0.29, 0.717) is 13.0 Å². The number of hydrogen-bond donors (Lipinski definition) is 2. The zero-order valence-corrected chi connectivity index (χ0v) is 13.7. The first-order valence-electron chi connectivity index (χ1n) is 7.21. The fraction of sp³-hybridized carbons (Fsp3) is 0.500. The first kappa shape index (κ1) is 16.8. The van der Waals surface area contributed by atoms with Gasteiger partial charge in [0.1, 0.15) is 0 Å². The maximum atomic E-state index is 12.2. The van der Waals surface area contributed by atoms with Crippen molar-refractivity contribution >= 4 is 23.6 Å². The average Bonchev–Trinajstić information content (AvgIpc) is 2.87. The fourth-order valence-electron chi connectivity index (χ4n) is 2.52. The molecular formula is C16H21NO4S. The molecule has 5 nitrogen and oxygen atoms in total. The summed E-state index contributed by atoms with van der Waals surface area (Å²) in [6, 6.07) is 6.13. The molecule has 1 amide bonds. The van der Waals surface area contributed by atoms with Crippen molar-refractivity contribution in [1.82, 2.24) is 5.32 Å². The molecule has 0 aliphatic carbocycles. The maximum Gasteiger partial charge on any atom is 0.305 e. The number of amides is 1. The second kappa shape index (κ2) is 7.15. The number of hydrogen-bond acceptors (Lipinski definition) is 4. The van der Waals surface area contributed by atoms with E-state index in [9.17, 15) is 9.59 Å². The molecule has 1 heterocycles. The van der Waals surface area contributed by atoms with Crippen LogP contribution in [0.5, 0.6) is 0 Å². The zero-order valence-electron chi connectivity index (χ0n) is 12.8. The minimum atomic E-state index is -0.923. The van der Waals surface area contributed by atoms with Crippen LogP contribution in [0, 0.1) is 13.8 Å². The summed E-state index contributed by atoms with van der Waals surface area (Å²) in [6.45, 7) is 4.77. The number of carbonyl (C=O) groups excluding carboxylic acids is 1. The van der Waals surface area contributed by atoms with Crippen LogP contribution in [0.2, 0.25) is 0 Å². The number of thioether (sulfide) groups is 1. The van der Waals surface area contributed by atoms with Crippen LogP contribution in [0.3, 0.4) is 0 Å². The third kappa shape index (κ3) is 4.48. The molecule has 1 aromatic carbocycles. The molecule has 1 saturated heterocycles. The van der Waals surface area contributed by atoms with Crippen molar-refractivity contribution in [2.24, 2.45) is 0 Å². The van der Waals surface area contributed by atoms with E-state index < -0.39 is 11.5 Å². The molecule has 1 aliphatic heterocycles. The van der Waals surface area contributed by atoms with Crippen molar-refractivity contribution < 1.29 is 19.4 Å². The molecule has 1 atom stereocenters. The number of carboxylic acids is 1. The Kier molecular flexibility index (Phi) is 5.47. The lowest BCUT2D eigenvalue weighted by Gasteiger charge is -2.27. The van der Waals surface area contributed by atoms with Gasteiger partial charge in [0.2, 0.25) is 5.91 Å². The number of ether oxygens (including phenoxy) is 1. The van der Waals surface area contributed by atoms with E-state index in [0.717, 1.165) is 16.0 Å². The Hall–Kier alpha value is -1.53. The largest absolute Gasteiger partial charge is 0.481 e. The first-order chi connectivity index (χ1) is 10.4. The van der Waals surface area contributed by atoms with Gasteiger partial charge in [-0.15, -0.1) is 11.8 Å². The Balaban J connectivity index is 1.94. The van der Waals surface area contributed by atoms with E-state index in [4.69, 9.17) is 9.84 Å². The minimum Gasteiger partial charge on any atom is -0.481 e. The molecule has 2 N–H and O–H groups in total. The summed E-state index contributed by atoms with van der Waals surface area (Å²) in [4.78, 5) is 24.2. The third-order valence-corrected chi connectivity index (χ3v) is 4.86. The van der Waals surface area contributed by atoms with Crippen molar-refractivity contribution in [3.05, 3.63) is 29.3 Å². The first-order valence-corrected chi connectivity index (χ1v) is 8.19. The Labute approximate surface area is 134 Å². The van der Waals surface area contributed by atoms with Crippen LogP contribution in [0.1, 0.15) is 24.0 Å². The predicted octanol–water partition coefficient (Wildman–Crippen LogP) is 2.15. The molecule has 0 aromatic heterocycles. The van der Waals surface area contributed by atoms with Crippen molar-refractivity contribution in [3.8, 4) is 0 Å². The van der Waals surface area contributed by atoms with Gasteiger partial charge in [-0.2, -0.15) is 0 Å². The Morgan fingerprint density at radius 2 is 2.18 bits per heavy atom. The number of benzene rings is 1. The predicted molar refractivity (Wildman–Crippen MR) is 85.2 cm³/mol. The minimum absolute atomic E-state index is 0.104. The SMILES string of the molecule is Cc1ccc(C)c(SCC(=O)NC2(CC(=O)O)CCOC2)c1. The molecule has 1 aliphatic rings. The summed E-state index contributed by atoms with van der Waals surface area (Å²) in [5.41, 5.74) is 1.53. The fourth-order valence-corrected chi connectivity index (χ4v) is 3.44. The van der Waals surface area contributed by atoms with Gasteiger partial charge < -0.3 is 15.2 Å². The van der Waals surface area contributed by atoms with Crippen LogP contribution in [0.15, 0.2) is 23.1 Å². The van der Waals surface area contributed by atoms with E-state index in [2.05, 4.69) is 11.4 Å². The molecular weight excluding hydrogens is 302 g/mol. The van der Waals surface area contributed by atoms with Gasteiger partial charge in [0.25, 0.3) is 0 Å². The van der Waals surface area contributed by atoms with Gasteiger partial charge in [-0.1, -0.05) is 17.7 Å². The van der Waals surface area contributed by atoms with E-state index in [1.165, 1.54) is 11.8 Å². The van der Waals surface area contributed by atoms with Crippen LogP contribution in [0.25, 0.3) is 0 Å². The monoisotopic (exact) mass is 323 g/mol. The molecule has 1 unspecified atom stereocenters. The summed E-state index contributed by atoms with van der Waals surface area (Å²) >= 11 is 1.47. The molecule has 2 rings (SSSR count). The second-order valence-electron chi connectivity index (χ2n) is 5.76. The Bertz CT molecular complexity index is 567. The zero-order chi connectivity index (χ0) is 16.2. The van der Waals surface area contributed by atoms with Gasteiger partial charge in [-0.25, -0.2) is 0 Å².